The smallest absolute Gasteiger partial charge is 0.0406 e. The summed E-state index contributed by atoms with van der Waals surface area (Å²) in [5, 5.41) is 4.31. The van der Waals surface area contributed by atoms with Gasteiger partial charge in [0.05, 0.1) is 0 Å². The van der Waals surface area contributed by atoms with Gasteiger partial charge < -0.3 is 5.32 Å². The molecule has 0 saturated carbocycles. The van der Waals surface area contributed by atoms with Crippen molar-refractivity contribution < 1.29 is 0 Å². The van der Waals surface area contributed by atoms with Crippen LogP contribution in [0.15, 0.2) is 56.7 Å². The summed E-state index contributed by atoms with van der Waals surface area (Å²) < 4.78 is 1.11. The molecule has 21 heavy (non-hydrogen) atoms. The number of halogens is 2. The molecule has 0 atom stereocenters. The normalized spacial score (nSPS) is 11.7. The highest BCUT2D eigenvalue weighted by Crippen LogP contribution is 2.33. The van der Waals surface area contributed by atoms with Crippen molar-refractivity contribution in [2.24, 2.45) is 0 Å². The number of benzene rings is 2. The highest BCUT2D eigenvalue weighted by Gasteiger charge is 2.11. The summed E-state index contributed by atoms with van der Waals surface area (Å²) in [5.41, 5.74) is 1.39. The molecule has 0 saturated heterocycles. The highest BCUT2D eigenvalue weighted by atomic mass is 79.9. The molecule has 0 unspecified atom stereocenters. The van der Waals surface area contributed by atoms with E-state index in [1.165, 1.54) is 15.4 Å². The van der Waals surface area contributed by atoms with E-state index in [9.17, 15) is 0 Å². The van der Waals surface area contributed by atoms with Crippen LogP contribution < -0.4 is 5.32 Å². The highest BCUT2D eigenvalue weighted by molar-refractivity contribution is 9.10. The molecule has 0 bridgehead atoms. The molecule has 112 valence electrons. The summed E-state index contributed by atoms with van der Waals surface area (Å²) >= 11 is 11.3. The van der Waals surface area contributed by atoms with Gasteiger partial charge in [0, 0.05) is 31.4 Å². The van der Waals surface area contributed by atoms with Gasteiger partial charge in [0.1, 0.15) is 0 Å². The average molecular weight is 385 g/mol. The first-order valence-electron chi connectivity index (χ1n) is 6.80. The van der Waals surface area contributed by atoms with Gasteiger partial charge >= 0.3 is 0 Å². The van der Waals surface area contributed by atoms with Crippen molar-refractivity contribution in [3.8, 4) is 0 Å². The first-order chi connectivity index (χ1) is 9.83. The largest absolute Gasteiger partial charge is 0.308 e. The summed E-state index contributed by atoms with van der Waals surface area (Å²) in [5.74, 6) is 0. The van der Waals surface area contributed by atoms with E-state index in [1.807, 2.05) is 12.1 Å². The van der Waals surface area contributed by atoms with E-state index in [-0.39, 0.29) is 5.54 Å². The van der Waals surface area contributed by atoms with Crippen LogP contribution in [0.25, 0.3) is 0 Å². The number of hydrogen-bond acceptors (Lipinski definition) is 2. The maximum atomic E-state index is 5.94. The third-order valence-corrected chi connectivity index (χ3v) is 4.74. The van der Waals surface area contributed by atoms with Crippen LogP contribution in [-0.4, -0.2) is 5.54 Å². The van der Waals surface area contributed by atoms with Gasteiger partial charge in [-0.2, -0.15) is 0 Å². The van der Waals surface area contributed by atoms with Gasteiger partial charge in [-0.3, -0.25) is 0 Å². The zero-order valence-electron chi connectivity index (χ0n) is 12.4. The van der Waals surface area contributed by atoms with Gasteiger partial charge in [0.25, 0.3) is 0 Å². The lowest BCUT2D eigenvalue weighted by molar-refractivity contribution is 0.422. The van der Waals surface area contributed by atoms with Crippen molar-refractivity contribution in [2.75, 3.05) is 0 Å². The van der Waals surface area contributed by atoms with E-state index in [4.69, 9.17) is 11.6 Å². The Bertz CT molecular complexity index is 605. The van der Waals surface area contributed by atoms with Gasteiger partial charge in [0.2, 0.25) is 0 Å². The molecule has 0 amide bonds. The zero-order valence-corrected chi connectivity index (χ0v) is 15.6. The van der Waals surface area contributed by atoms with Gasteiger partial charge in [0.15, 0.2) is 0 Å². The fourth-order valence-electron chi connectivity index (χ4n) is 1.78. The molecular formula is C17H19BrClNS. The monoisotopic (exact) mass is 383 g/mol. The molecular weight excluding hydrogens is 366 g/mol. The predicted molar refractivity (Wildman–Crippen MR) is 96.3 cm³/mol. The summed E-state index contributed by atoms with van der Waals surface area (Å²) in [6.45, 7) is 7.38. The van der Waals surface area contributed by atoms with Crippen LogP contribution in [0.2, 0.25) is 5.02 Å². The second-order valence-corrected chi connectivity index (χ2v) is 8.38. The van der Waals surface area contributed by atoms with Crippen molar-refractivity contribution in [1.82, 2.24) is 5.32 Å². The third kappa shape index (κ3) is 5.67. The van der Waals surface area contributed by atoms with Crippen LogP contribution >= 0.6 is 39.3 Å². The van der Waals surface area contributed by atoms with E-state index < -0.39 is 0 Å². The summed E-state index contributed by atoms with van der Waals surface area (Å²) in [4.78, 5) is 2.45. The Hall–Kier alpha value is -0.480. The number of rotatable bonds is 4. The molecule has 0 spiro atoms. The Morgan fingerprint density at radius 2 is 1.76 bits per heavy atom. The molecule has 2 aromatic rings. The second-order valence-electron chi connectivity index (χ2n) is 5.91. The molecule has 1 N–H and O–H groups in total. The average Bonchev–Trinajstić information content (AvgIpc) is 2.40. The van der Waals surface area contributed by atoms with E-state index >= 15 is 0 Å². The van der Waals surface area contributed by atoms with Crippen molar-refractivity contribution >= 4 is 39.3 Å². The first-order valence-corrected chi connectivity index (χ1v) is 8.79. The molecule has 0 aliphatic heterocycles. The Morgan fingerprint density at radius 3 is 2.38 bits per heavy atom. The van der Waals surface area contributed by atoms with Crippen LogP contribution in [0, 0.1) is 0 Å². The third-order valence-electron chi connectivity index (χ3n) is 2.87. The Labute approximate surface area is 144 Å². The first kappa shape index (κ1) is 16.9. The molecule has 0 fully saturated rings. The van der Waals surface area contributed by atoms with E-state index in [2.05, 4.69) is 72.3 Å². The fraction of sp³-hybridized carbons (Fsp3) is 0.294. The van der Waals surface area contributed by atoms with E-state index in [0.717, 1.165) is 16.0 Å². The van der Waals surface area contributed by atoms with Crippen molar-refractivity contribution in [3.63, 3.8) is 0 Å². The van der Waals surface area contributed by atoms with Crippen molar-refractivity contribution in [1.29, 1.82) is 0 Å². The number of nitrogens with one attached hydrogen (secondary N) is 1. The minimum atomic E-state index is 0.102. The molecule has 0 aliphatic carbocycles. The minimum absolute atomic E-state index is 0.102. The second kappa shape index (κ2) is 7.19. The topological polar surface area (TPSA) is 12.0 Å². The molecule has 2 aromatic carbocycles. The summed E-state index contributed by atoms with van der Waals surface area (Å²) in [6.07, 6.45) is 0. The van der Waals surface area contributed by atoms with E-state index in [0.29, 0.717) is 0 Å². The maximum absolute atomic E-state index is 5.94. The van der Waals surface area contributed by atoms with Crippen LogP contribution in [0.5, 0.6) is 0 Å². The van der Waals surface area contributed by atoms with Gasteiger partial charge in [-0.05, 0) is 68.8 Å². The van der Waals surface area contributed by atoms with Crippen LogP contribution in [0.3, 0.4) is 0 Å². The molecule has 1 nitrogen and oxygen atoms in total. The Balaban J connectivity index is 2.20. The van der Waals surface area contributed by atoms with Gasteiger partial charge in [-0.25, -0.2) is 0 Å². The molecule has 2 rings (SSSR count). The van der Waals surface area contributed by atoms with Crippen LogP contribution in [0.1, 0.15) is 26.3 Å². The molecule has 0 aliphatic rings. The molecule has 0 aromatic heterocycles. The molecule has 4 heteroatoms. The van der Waals surface area contributed by atoms with Gasteiger partial charge in [-0.1, -0.05) is 39.3 Å². The lowest BCUT2D eigenvalue weighted by atomic mass is 10.1. The van der Waals surface area contributed by atoms with Gasteiger partial charge in [-0.15, -0.1) is 0 Å². The quantitative estimate of drug-likeness (QED) is 0.679. The van der Waals surface area contributed by atoms with Crippen molar-refractivity contribution in [2.45, 2.75) is 42.6 Å². The lowest BCUT2D eigenvalue weighted by Crippen LogP contribution is -2.35. The number of hydrogen-bond donors (Lipinski definition) is 1. The van der Waals surface area contributed by atoms with Crippen molar-refractivity contribution in [3.05, 3.63) is 57.5 Å². The SMILES string of the molecule is CC(C)(C)NCc1cc(Br)ccc1Sc1ccc(Cl)cc1. The van der Waals surface area contributed by atoms with Crippen LogP contribution in [-0.2, 0) is 6.54 Å². The fourth-order valence-corrected chi connectivity index (χ4v) is 3.23. The van der Waals surface area contributed by atoms with E-state index in [1.54, 1.807) is 11.8 Å². The minimum Gasteiger partial charge on any atom is -0.308 e. The molecule has 0 radical (unpaired) electrons. The molecule has 0 heterocycles. The Kier molecular flexibility index (Phi) is 5.78. The standard InChI is InChI=1S/C17H19BrClNS/c1-17(2,3)20-11-12-10-13(18)4-9-16(12)21-15-7-5-14(19)6-8-15/h4-10,20H,11H2,1-3H3. The van der Waals surface area contributed by atoms with Crippen LogP contribution in [0.4, 0.5) is 0 Å². The summed E-state index contributed by atoms with van der Waals surface area (Å²) in [6, 6.07) is 14.4. The Morgan fingerprint density at radius 1 is 1.10 bits per heavy atom. The zero-order chi connectivity index (χ0) is 15.5. The lowest BCUT2D eigenvalue weighted by Gasteiger charge is -2.21. The predicted octanol–water partition coefficient (Wildman–Crippen LogP) is 6.14. The maximum Gasteiger partial charge on any atom is 0.0406 e. The summed E-state index contributed by atoms with van der Waals surface area (Å²) in [7, 11) is 0.